The number of amides is 1. The number of ether oxygens (including phenoxy) is 2. The molecule has 0 fully saturated rings. The quantitative estimate of drug-likeness (QED) is 0.824. The van der Waals surface area contributed by atoms with Gasteiger partial charge in [-0.1, -0.05) is 35.9 Å². The van der Waals surface area contributed by atoms with Crippen LogP contribution in [0, 0.1) is 0 Å². The van der Waals surface area contributed by atoms with Crippen LogP contribution in [0.5, 0.6) is 0 Å². The van der Waals surface area contributed by atoms with Gasteiger partial charge in [0.2, 0.25) is 5.06 Å². The van der Waals surface area contributed by atoms with Gasteiger partial charge in [-0.15, -0.1) is 0 Å². The third kappa shape index (κ3) is 2.10. The minimum atomic E-state index is -1.15. The number of carbonyl (C=O) groups is 1. The maximum absolute atomic E-state index is 10.9. The first-order valence-electron chi connectivity index (χ1n) is 5.36. The van der Waals surface area contributed by atoms with Gasteiger partial charge in [0.15, 0.2) is 6.10 Å². The molecule has 0 bridgehead atoms. The zero-order chi connectivity index (χ0) is 12.5. The number of carbonyl (C=O) groups excluding carboxylic acids is 1. The second-order valence-electron chi connectivity index (χ2n) is 3.97. The number of hydrogen-bond acceptors (Lipinski definition) is 3. The van der Waals surface area contributed by atoms with Crippen molar-refractivity contribution in [1.29, 1.82) is 0 Å². The molecule has 5 heteroatoms. The average molecular weight is 256 g/mol. The summed E-state index contributed by atoms with van der Waals surface area (Å²) in [7, 11) is 1.49. The molecular weight excluding hydrogens is 242 g/mol. The number of alkyl halides is 1. The molecule has 1 aromatic rings. The topological polar surface area (TPSA) is 61.6 Å². The smallest absolute Gasteiger partial charge is 0.404 e. The van der Waals surface area contributed by atoms with Gasteiger partial charge in [0.05, 0.1) is 0 Å². The molecule has 17 heavy (non-hydrogen) atoms. The second kappa shape index (κ2) is 4.55. The first-order valence-corrected chi connectivity index (χ1v) is 5.74. The van der Waals surface area contributed by atoms with Crippen molar-refractivity contribution in [2.24, 2.45) is 5.73 Å². The Morgan fingerprint density at radius 3 is 2.88 bits per heavy atom. The molecule has 2 unspecified atom stereocenters. The average Bonchev–Trinajstić information content (AvgIpc) is 2.33. The molecule has 1 amide bonds. The minimum Gasteiger partial charge on any atom is -0.442 e. The molecule has 2 atom stereocenters. The van der Waals surface area contributed by atoms with Crippen LogP contribution < -0.4 is 5.73 Å². The number of methoxy groups -OCH3 is 1. The summed E-state index contributed by atoms with van der Waals surface area (Å²) in [4.78, 5) is 10.9. The predicted octanol–water partition coefficient (Wildman–Crippen LogP) is 2.13. The largest absolute Gasteiger partial charge is 0.442 e. The van der Waals surface area contributed by atoms with Crippen LogP contribution in [-0.4, -0.2) is 19.3 Å². The molecule has 1 aliphatic carbocycles. The molecule has 0 saturated heterocycles. The molecule has 4 nitrogen and oxygen atoms in total. The van der Waals surface area contributed by atoms with Crippen LogP contribution in [0.1, 0.15) is 17.5 Å². The summed E-state index contributed by atoms with van der Waals surface area (Å²) in [5, 5.41) is -1.15. The highest BCUT2D eigenvalue weighted by Crippen LogP contribution is 2.42. The van der Waals surface area contributed by atoms with E-state index in [9.17, 15) is 4.79 Å². The van der Waals surface area contributed by atoms with Gasteiger partial charge in [-0.2, -0.15) is 0 Å². The highest BCUT2D eigenvalue weighted by Gasteiger charge is 2.45. The lowest BCUT2D eigenvalue weighted by Gasteiger charge is -2.38. The summed E-state index contributed by atoms with van der Waals surface area (Å²) in [6.07, 6.45) is -0.0264. The van der Waals surface area contributed by atoms with Gasteiger partial charge in [0.25, 0.3) is 0 Å². The van der Waals surface area contributed by atoms with Gasteiger partial charge in [0.1, 0.15) is 0 Å². The number of primary amides is 1. The summed E-state index contributed by atoms with van der Waals surface area (Å²) < 4.78 is 10.4. The zero-order valence-electron chi connectivity index (χ0n) is 9.48. The van der Waals surface area contributed by atoms with Crippen molar-refractivity contribution in [3.8, 4) is 0 Å². The van der Waals surface area contributed by atoms with Crippen molar-refractivity contribution >= 4 is 17.7 Å². The lowest BCUT2D eigenvalue weighted by molar-refractivity contribution is -0.0613. The first-order chi connectivity index (χ1) is 8.08. The molecular formula is C12H14ClNO3. The van der Waals surface area contributed by atoms with Crippen molar-refractivity contribution in [2.45, 2.75) is 24.0 Å². The van der Waals surface area contributed by atoms with Gasteiger partial charge >= 0.3 is 6.09 Å². The van der Waals surface area contributed by atoms with Crippen molar-refractivity contribution in [2.75, 3.05) is 7.11 Å². The molecule has 0 spiro atoms. The van der Waals surface area contributed by atoms with Gasteiger partial charge in [-0.05, 0) is 18.4 Å². The van der Waals surface area contributed by atoms with E-state index < -0.39 is 17.3 Å². The Morgan fingerprint density at radius 1 is 1.53 bits per heavy atom. The van der Waals surface area contributed by atoms with E-state index in [1.54, 1.807) is 0 Å². The fourth-order valence-corrected chi connectivity index (χ4v) is 2.57. The maximum Gasteiger partial charge on any atom is 0.404 e. The summed E-state index contributed by atoms with van der Waals surface area (Å²) in [6.45, 7) is 0. The van der Waals surface area contributed by atoms with Crippen LogP contribution >= 0.6 is 11.6 Å². The third-order valence-electron chi connectivity index (χ3n) is 3.03. The van der Waals surface area contributed by atoms with Gasteiger partial charge in [0, 0.05) is 12.7 Å². The lowest BCUT2D eigenvalue weighted by Crippen LogP contribution is -2.44. The van der Waals surface area contributed by atoms with Crippen LogP contribution in [0.15, 0.2) is 24.3 Å². The number of aryl methyl sites for hydroxylation is 1. The normalized spacial score (nSPS) is 27.3. The number of halogens is 1. The van der Waals surface area contributed by atoms with Crippen LogP contribution in [0.2, 0.25) is 0 Å². The predicted molar refractivity (Wildman–Crippen MR) is 63.8 cm³/mol. The van der Waals surface area contributed by atoms with Crippen molar-refractivity contribution < 1.29 is 14.3 Å². The third-order valence-corrected chi connectivity index (χ3v) is 3.63. The highest BCUT2D eigenvalue weighted by molar-refractivity contribution is 6.23. The monoisotopic (exact) mass is 255 g/mol. The van der Waals surface area contributed by atoms with E-state index >= 15 is 0 Å². The molecule has 0 aliphatic heterocycles. The first kappa shape index (κ1) is 12.2. The number of fused-ring (bicyclic) bond motifs is 1. The summed E-state index contributed by atoms with van der Waals surface area (Å²) in [5.41, 5.74) is 6.98. The SMILES string of the molecule is COC1(Cl)c2ccccc2CCC1OC(N)=O. The standard InChI is InChI=1S/C12H14ClNO3/c1-16-12(13)9-5-3-2-4-8(9)6-7-10(12)17-11(14)15/h2-5,10H,6-7H2,1H3,(H2,14,15). The molecule has 0 saturated carbocycles. The Hall–Kier alpha value is -1.26. The highest BCUT2D eigenvalue weighted by atomic mass is 35.5. The molecule has 1 aromatic carbocycles. The molecule has 0 radical (unpaired) electrons. The Bertz CT molecular complexity index is 438. The Kier molecular flexibility index (Phi) is 3.26. The number of benzene rings is 1. The number of hydrogen-bond donors (Lipinski definition) is 1. The summed E-state index contributed by atoms with van der Waals surface area (Å²) in [5.74, 6) is 0. The molecule has 92 valence electrons. The van der Waals surface area contributed by atoms with E-state index in [-0.39, 0.29) is 0 Å². The fourth-order valence-electron chi connectivity index (χ4n) is 2.23. The molecule has 2 rings (SSSR count). The Labute approximate surface area is 105 Å². The zero-order valence-corrected chi connectivity index (χ0v) is 10.2. The van der Waals surface area contributed by atoms with Crippen LogP contribution in [0.3, 0.4) is 0 Å². The summed E-state index contributed by atoms with van der Waals surface area (Å²) in [6, 6.07) is 7.69. The van der Waals surface area contributed by atoms with Crippen LogP contribution in [0.25, 0.3) is 0 Å². The second-order valence-corrected chi connectivity index (χ2v) is 4.53. The van der Waals surface area contributed by atoms with E-state index in [0.717, 1.165) is 17.5 Å². The number of rotatable bonds is 2. The van der Waals surface area contributed by atoms with E-state index in [0.29, 0.717) is 6.42 Å². The van der Waals surface area contributed by atoms with E-state index in [1.165, 1.54) is 7.11 Å². The van der Waals surface area contributed by atoms with Crippen molar-refractivity contribution in [3.05, 3.63) is 35.4 Å². The van der Waals surface area contributed by atoms with Crippen molar-refractivity contribution in [3.63, 3.8) is 0 Å². The van der Waals surface area contributed by atoms with E-state index in [2.05, 4.69) is 0 Å². The molecule has 2 N–H and O–H groups in total. The Morgan fingerprint density at radius 2 is 2.24 bits per heavy atom. The maximum atomic E-state index is 10.9. The van der Waals surface area contributed by atoms with Gasteiger partial charge in [-0.3, -0.25) is 0 Å². The Balaban J connectivity index is 2.40. The van der Waals surface area contributed by atoms with Crippen LogP contribution in [-0.2, 0) is 21.0 Å². The molecule has 0 aromatic heterocycles. The molecule has 0 heterocycles. The number of nitrogens with two attached hydrogens (primary N) is 1. The minimum absolute atomic E-state index is 0.568. The van der Waals surface area contributed by atoms with Crippen molar-refractivity contribution in [1.82, 2.24) is 0 Å². The fraction of sp³-hybridized carbons (Fsp3) is 0.417. The van der Waals surface area contributed by atoms with Gasteiger partial charge < -0.3 is 15.2 Å². The molecule has 1 aliphatic rings. The lowest BCUT2D eigenvalue weighted by atomic mass is 9.86. The van der Waals surface area contributed by atoms with Crippen LogP contribution in [0.4, 0.5) is 4.79 Å². The van der Waals surface area contributed by atoms with E-state index in [1.807, 2.05) is 24.3 Å². The van der Waals surface area contributed by atoms with E-state index in [4.69, 9.17) is 26.8 Å². The summed E-state index contributed by atoms with van der Waals surface area (Å²) >= 11 is 6.45. The van der Waals surface area contributed by atoms with Gasteiger partial charge in [-0.25, -0.2) is 4.79 Å².